The number of nitrogens with one attached hydrogen (secondary N) is 1. The van der Waals surface area contributed by atoms with Crippen molar-refractivity contribution in [3.8, 4) is 5.75 Å². The molecule has 1 N–H and O–H groups in total. The SMILES string of the molecule is CCCNC(=O)C(CC)N(Cc1c(Cl)cccc1Cl)C(=O)CN(c1ccc(OCC)cc1)S(=O)(=O)c1ccc(Cl)cc1. The van der Waals surface area contributed by atoms with Crippen LogP contribution in [0, 0.1) is 0 Å². The standard InChI is InChI=1S/C30H34Cl3N3O5S/c1-4-18-34-30(38)28(5-2)35(19-25-26(32)8-7-9-27(25)33)29(37)20-36(22-12-14-23(15-13-22)41-6-3)42(39,40)24-16-10-21(31)11-17-24/h7-17,28H,4-6,18-20H2,1-3H3,(H,34,38). The van der Waals surface area contributed by atoms with Crippen LogP contribution in [0.4, 0.5) is 5.69 Å². The largest absolute Gasteiger partial charge is 0.494 e. The van der Waals surface area contributed by atoms with Crippen molar-refractivity contribution < 1.29 is 22.7 Å². The van der Waals surface area contributed by atoms with E-state index in [-0.39, 0.29) is 29.5 Å². The van der Waals surface area contributed by atoms with Crippen LogP contribution in [0.25, 0.3) is 0 Å². The zero-order valence-corrected chi connectivity index (χ0v) is 26.7. The van der Waals surface area contributed by atoms with Crippen LogP contribution in [0.1, 0.15) is 39.2 Å². The third-order valence-electron chi connectivity index (χ3n) is 6.44. The fourth-order valence-electron chi connectivity index (χ4n) is 4.28. The van der Waals surface area contributed by atoms with Gasteiger partial charge in [-0.05, 0) is 80.4 Å². The number of halogens is 3. The Hall–Kier alpha value is -2.98. The summed E-state index contributed by atoms with van der Waals surface area (Å²) in [6.07, 6.45) is 0.980. The minimum Gasteiger partial charge on any atom is -0.494 e. The van der Waals surface area contributed by atoms with Crippen molar-refractivity contribution in [2.75, 3.05) is 24.0 Å². The molecule has 42 heavy (non-hydrogen) atoms. The second-order valence-electron chi connectivity index (χ2n) is 9.33. The van der Waals surface area contributed by atoms with Gasteiger partial charge in [-0.3, -0.25) is 13.9 Å². The average molecular weight is 655 g/mol. The van der Waals surface area contributed by atoms with Gasteiger partial charge in [-0.25, -0.2) is 8.42 Å². The molecule has 0 bridgehead atoms. The first kappa shape index (κ1) is 33.5. The molecule has 1 atom stereocenters. The summed E-state index contributed by atoms with van der Waals surface area (Å²) >= 11 is 18.9. The Kier molecular flexibility index (Phi) is 12.4. The van der Waals surface area contributed by atoms with Crippen LogP contribution in [0.5, 0.6) is 5.75 Å². The lowest BCUT2D eigenvalue weighted by Gasteiger charge is -2.33. The molecule has 3 aromatic carbocycles. The van der Waals surface area contributed by atoms with Crippen molar-refractivity contribution in [2.24, 2.45) is 0 Å². The fourth-order valence-corrected chi connectivity index (χ4v) is 6.33. The van der Waals surface area contributed by atoms with E-state index in [0.29, 0.717) is 46.0 Å². The van der Waals surface area contributed by atoms with Crippen LogP contribution >= 0.6 is 34.8 Å². The number of carbonyl (C=O) groups excluding carboxylic acids is 2. The predicted molar refractivity (Wildman–Crippen MR) is 168 cm³/mol. The highest BCUT2D eigenvalue weighted by Gasteiger charge is 2.34. The van der Waals surface area contributed by atoms with Crippen molar-refractivity contribution in [2.45, 2.75) is 51.1 Å². The van der Waals surface area contributed by atoms with Crippen LogP contribution in [-0.4, -0.2) is 50.9 Å². The van der Waals surface area contributed by atoms with Gasteiger partial charge < -0.3 is 15.0 Å². The molecular weight excluding hydrogens is 621 g/mol. The number of carbonyl (C=O) groups is 2. The lowest BCUT2D eigenvalue weighted by molar-refractivity contribution is -0.140. The van der Waals surface area contributed by atoms with Gasteiger partial charge in [0.25, 0.3) is 10.0 Å². The van der Waals surface area contributed by atoms with Crippen LogP contribution in [0.2, 0.25) is 15.1 Å². The fraction of sp³-hybridized carbons (Fsp3) is 0.333. The van der Waals surface area contributed by atoms with Crippen molar-refractivity contribution in [1.82, 2.24) is 10.2 Å². The Bertz CT molecular complexity index is 1450. The van der Waals surface area contributed by atoms with E-state index in [0.717, 1.165) is 4.31 Å². The summed E-state index contributed by atoms with van der Waals surface area (Å²) in [5, 5.41) is 3.85. The Morgan fingerprint density at radius 3 is 2.07 bits per heavy atom. The molecule has 0 heterocycles. The van der Waals surface area contributed by atoms with E-state index in [1.807, 2.05) is 13.8 Å². The Balaban J connectivity index is 2.09. The topological polar surface area (TPSA) is 96.0 Å². The zero-order chi connectivity index (χ0) is 30.9. The third kappa shape index (κ3) is 8.31. The molecule has 1 unspecified atom stereocenters. The highest BCUT2D eigenvalue weighted by atomic mass is 35.5. The third-order valence-corrected chi connectivity index (χ3v) is 9.19. The van der Waals surface area contributed by atoms with Gasteiger partial charge >= 0.3 is 0 Å². The van der Waals surface area contributed by atoms with Crippen LogP contribution in [-0.2, 0) is 26.2 Å². The normalized spacial score (nSPS) is 12.0. The van der Waals surface area contributed by atoms with E-state index in [2.05, 4.69) is 5.32 Å². The monoisotopic (exact) mass is 653 g/mol. The number of amides is 2. The molecule has 0 saturated carbocycles. The predicted octanol–water partition coefficient (Wildman–Crippen LogP) is 6.57. The molecule has 0 aromatic heterocycles. The molecule has 0 aliphatic heterocycles. The molecule has 0 spiro atoms. The molecule has 12 heteroatoms. The number of hydrogen-bond acceptors (Lipinski definition) is 5. The van der Waals surface area contributed by atoms with Gasteiger partial charge in [0.05, 0.1) is 17.2 Å². The Morgan fingerprint density at radius 2 is 1.52 bits per heavy atom. The van der Waals surface area contributed by atoms with Crippen molar-refractivity contribution in [3.63, 3.8) is 0 Å². The Labute approximate surface area is 262 Å². The van der Waals surface area contributed by atoms with E-state index in [1.165, 1.54) is 29.2 Å². The van der Waals surface area contributed by atoms with E-state index in [1.54, 1.807) is 49.4 Å². The van der Waals surface area contributed by atoms with Crippen molar-refractivity contribution >= 4 is 62.3 Å². The van der Waals surface area contributed by atoms with Gasteiger partial charge in [0.2, 0.25) is 11.8 Å². The summed E-state index contributed by atoms with van der Waals surface area (Å²) in [5.41, 5.74) is 0.685. The highest BCUT2D eigenvalue weighted by Crippen LogP contribution is 2.30. The number of sulfonamides is 1. The minimum atomic E-state index is -4.25. The first-order valence-corrected chi connectivity index (χ1v) is 16.1. The first-order chi connectivity index (χ1) is 20.0. The van der Waals surface area contributed by atoms with Crippen molar-refractivity contribution in [1.29, 1.82) is 0 Å². The summed E-state index contributed by atoms with van der Waals surface area (Å²) in [5.74, 6) is -0.426. The van der Waals surface area contributed by atoms with Crippen LogP contribution in [0.15, 0.2) is 71.6 Å². The van der Waals surface area contributed by atoms with Gasteiger partial charge in [-0.15, -0.1) is 0 Å². The van der Waals surface area contributed by atoms with Gasteiger partial charge in [0, 0.05) is 33.7 Å². The van der Waals surface area contributed by atoms with E-state index in [9.17, 15) is 18.0 Å². The van der Waals surface area contributed by atoms with Gasteiger partial charge in [-0.2, -0.15) is 0 Å². The molecule has 8 nitrogen and oxygen atoms in total. The zero-order valence-electron chi connectivity index (χ0n) is 23.6. The summed E-state index contributed by atoms with van der Waals surface area (Å²) in [7, 11) is -4.25. The Morgan fingerprint density at radius 1 is 0.905 bits per heavy atom. The van der Waals surface area contributed by atoms with Gasteiger partial charge in [-0.1, -0.05) is 54.7 Å². The lowest BCUT2D eigenvalue weighted by atomic mass is 10.1. The van der Waals surface area contributed by atoms with Gasteiger partial charge in [0.1, 0.15) is 18.3 Å². The quantitative estimate of drug-likeness (QED) is 0.212. The number of benzene rings is 3. The molecule has 0 fully saturated rings. The average Bonchev–Trinajstić information content (AvgIpc) is 2.97. The summed E-state index contributed by atoms with van der Waals surface area (Å²) in [6, 6.07) is 16.1. The van der Waals surface area contributed by atoms with E-state index < -0.39 is 28.5 Å². The molecule has 0 radical (unpaired) electrons. The smallest absolute Gasteiger partial charge is 0.264 e. The minimum absolute atomic E-state index is 0.0537. The van der Waals surface area contributed by atoms with Gasteiger partial charge in [0.15, 0.2) is 0 Å². The number of hydrogen-bond donors (Lipinski definition) is 1. The summed E-state index contributed by atoms with van der Waals surface area (Å²) < 4.78 is 34.4. The van der Waals surface area contributed by atoms with E-state index >= 15 is 0 Å². The molecule has 3 aromatic rings. The lowest BCUT2D eigenvalue weighted by Crippen LogP contribution is -2.52. The molecule has 2 amide bonds. The molecule has 0 aliphatic carbocycles. The number of nitrogens with zero attached hydrogens (tertiary/aromatic N) is 2. The van der Waals surface area contributed by atoms with E-state index in [4.69, 9.17) is 39.5 Å². The highest BCUT2D eigenvalue weighted by molar-refractivity contribution is 7.92. The molecule has 0 aliphatic rings. The molecule has 3 rings (SSSR count). The molecule has 0 saturated heterocycles. The maximum Gasteiger partial charge on any atom is 0.264 e. The van der Waals surface area contributed by atoms with Crippen LogP contribution in [0.3, 0.4) is 0 Å². The van der Waals surface area contributed by atoms with Crippen molar-refractivity contribution in [3.05, 3.63) is 87.4 Å². The summed E-state index contributed by atoms with van der Waals surface area (Å²) in [4.78, 5) is 28.6. The number of ether oxygens (including phenoxy) is 1. The van der Waals surface area contributed by atoms with Crippen LogP contribution < -0.4 is 14.4 Å². The molecular formula is C30H34Cl3N3O5S. The maximum absolute atomic E-state index is 14.1. The number of rotatable bonds is 14. The second-order valence-corrected chi connectivity index (χ2v) is 12.4. The maximum atomic E-state index is 14.1. The second kappa shape index (κ2) is 15.5. The number of anilines is 1. The molecule has 226 valence electrons. The summed E-state index contributed by atoms with van der Waals surface area (Å²) in [6.45, 7) is 5.69. The first-order valence-electron chi connectivity index (χ1n) is 13.5.